The van der Waals surface area contributed by atoms with Gasteiger partial charge in [-0.1, -0.05) is 46.3 Å². The molecule has 0 saturated carbocycles. The number of carbonyl (C=O) groups excluding carboxylic acids is 3. The molecule has 0 aliphatic carbocycles. The Labute approximate surface area is 249 Å². The number of carboxylic acids is 1. The number of ether oxygens (including phenoxy) is 1. The minimum absolute atomic E-state index is 0.0187. The van der Waals surface area contributed by atoms with Gasteiger partial charge in [-0.3, -0.25) is 14.5 Å². The number of nitrogens with one attached hydrogen (secondary N) is 1. The maximum absolute atomic E-state index is 13.2. The van der Waals surface area contributed by atoms with Crippen molar-refractivity contribution in [1.82, 2.24) is 35.4 Å². The van der Waals surface area contributed by atoms with Gasteiger partial charge in [0.1, 0.15) is 37.9 Å². The fourth-order valence-corrected chi connectivity index (χ4v) is 7.11. The number of nitrogens with two attached hydrogens (primary N) is 1. The lowest BCUT2D eigenvalue weighted by atomic mass is 10.0. The number of anilines is 1. The number of rotatable bonds is 8. The van der Waals surface area contributed by atoms with Gasteiger partial charge in [0.2, 0.25) is 10.2 Å². The van der Waals surface area contributed by atoms with Crippen LogP contribution in [-0.2, 0) is 26.2 Å². The summed E-state index contributed by atoms with van der Waals surface area (Å²) in [5.74, 6) is -2.99. The van der Waals surface area contributed by atoms with Gasteiger partial charge in [-0.25, -0.2) is 19.3 Å². The van der Waals surface area contributed by atoms with Gasteiger partial charge in [-0.05, 0) is 36.8 Å². The fourth-order valence-electron chi connectivity index (χ4n) is 3.71. The maximum Gasteiger partial charge on any atom is 0.368 e. The van der Waals surface area contributed by atoms with Gasteiger partial charge in [0.15, 0.2) is 0 Å². The zero-order valence-electron chi connectivity index (χ0n) is 21.3. The molecule has 0 radical (unpaired) electrons. The monoisotopic (exact) mass is 648 g/mol. The van der Waals surface area contributed by atoms with Crippen LogP contribution in [0.25, 0.3) is 5.57 Å². The van der Waals surface area contributed by atoms with Crippen LogP contribution in [0.4, 0.5) is 5.00 Å². The number of thiazole rings is 1. The number of aryl methyl sites for hydroxylation is 1. The van der Waals surface area contributed by atoms with Crippen molar-refractivity contribution in [2.45, 2.75) is 42.9 Å². The molecule has 4 N–H and O–H groups in total. The van der Waals surface area contributed by atoms with Crippen LogP contribution in [0.2, 0.25) is 0 Å². The van der Waals surface area contributed by atoms with Gasteiger partial charge in [0, 0.05) is 18.6 Å². The average Bonchev–Trinajstić information content (AvgIpc) is 3.44. The van der Waals surface area contributed by atoms with Crippen molar-refractivity contribution in [1.29, 1.82) is 0 Å². The number of β-lactam (4-membered cyclic amide) rings is 1. The van der Waals surface area contributed by atoms with E-state index in [4.69, 9.17) is 33.7 Å². The SMILES string of the molecule is Cn1nnnc1SCC1=C(C(=O)O)N2C(=O)C(NC(=O)C(=C(Cl)Cl)c3nc(C(=O)OC(C)(C)C)sc3N)[C@H]2SC1. The van der Waals surface area contributed by atoms with Crippen molar-refractivity contribution in [2.75, 3.05) is 17.2 Å². The summed E-state index contributed by atoms with van der Waals surface area (Å²) in [7, 11) is 1.65. The number of tetrazole rings is 1. The number of nitrogens with zero attached hydrogens (tertiary/aromatic N) is 6. The van der Waals surface area contributed by atoms with E-state index in [0.29, 0.717) is 10.7 Å². The van der Waals surface area contributed by atoms with Crippen molar-refractivity contribution in [2.24, 2.45) is 7.05 Å². The van der Waals surface area contributed by atoms with Crippen LogP contribution in [0.15, 0.2) is 20.9 Å². The molecule has 4 heterocycles. The largest absolute Gasteiger partial charge is 0.477 e. The number of carbonyl (C=O) groups is 4. The van der Waals surface area contributed by atoms with Crippen molar-refractivity contribution in [3.05, 3.63) is 26.5 Å². The van der Waals surface area contributed by atoms with Crippen molar-refractivity contribution >= 4 is 92.4 Å². The second-order valence-electron chi connectivity index (χ2n) is 9.36. The predicted molar refractivity (Wildman–Crippen MR) is 150 cm³/mol. The molecule has 0 spiro atoms. The number of fused-ring (bicyclic) bond motifs is 1. The van der Waals surface area contributed by atoms with E-state index in [9.17, 15) is 24.3 Å². The normalized spacial score (nSPS) is 18.6. The molecule has 214 valence electrons. The molecule has 1 saturated heterocycles. The Bertz CT molecular complexity index is 1460. The zero-order valence-corrected chi connectivity index (χ0v) is 25.3. The standard InChI is InChI=1S/C21H22Cl2N8O6S3/c1-21(2,3)37-19(36)15-26-9(13(24)40-15)8(12(22)23)14(32)25-10-16(33)31-11(18(34)35)7(5-38-17(10)31)6-39-20-27-28-29-30(20)4/h10,17H,5-6,24H2,1-4H3,(H,25,32)(H,34,35)/t10?,17-/m1/s1. The summed E-state index contributed by atoms with van der Waals surface area (Å²) in [5.41, 5.74) is 5.09. The fraction of sp³-hybridized carbons (Fsp3) is 0.429. The third-order valence-electron chi connectivity index (χ3n) is 5.37. The summed E-state index contributed by atoms with van der Waals surface area (Å²) in [5, 5.41) is 23.2. The number of carboxylic acid groups (broad SMARTS) is 1. The Balaban J connectivity index is 1.51. The third kappa shape index (κ3) is 6.07. The summed E-state index contributed by atoms with van der Waals surface area (Å²) in [6.07, 6.45) is 0. The van der Waals surface area contributed by atoms with E-state index < -0.39 is 45.3 Å². The number of halogens is 2. The van der Waals surface area contributed by atoms with E-state index >= 15 is 0 Å². The smallest absolute Gasteiger partial charge is 0.368 e. The number of esters is 1. The molecule has 2 aliphatic rings. The Hall–Kier alpha value is -2.86. The van der Waals surface area contributed by atoms with Crippen LogP contribution in [0, 0.1) is 0 Å². The molecule has 2 amide bonds. The molecule has 0 bridgehead atoms. The Morgan fingerprint density at radius 2 is 2.00 bits per heavy atom. The first-order valence-corrected chi connectivity index (χ1v) is 14.9. The lowest BCUT2D eigenvalue weighted by molar-refractivity contribution is -0.150. The molecule has 40 heavy (non-hydrogen) atoms. The lowest BCUT2D eigenvalue weighted by Crippen LogP contribution is -2.70. The van der Waals surface area contributed by atoms with Gasteiger partial charge < -0.3 is 20.9 Å². The van der Waals surface area contributed by atoms with E-state index in [-0.39, 0.29) is 38.5 Å². The number of thioether (sulfide) groups is 2. The number of hydrogen-bond acceptors (Lipinski definition) is 13. The molecule has 1 fully saturated rings. The molecule has 0 aromatic carbocycles. The summed E-state index contributed by atoms with van der Waals surface area (Å²) >= 11 is 15.3. The number of amides is 2. The van der Waals surface area contributed by atoms with Gasteiger partial charge >= 0.3 is 11.9 Å². The molecular formula is C21H22Cl2N8O6S3. The first-order valence-electron chi connectivity index (χ1n) is 11.3. The minimum Gasteiger partial charge on any atom is -0.477 e. The van der Waals surface area contributed by atoms with Gasteiger partial charge in [-0.15, -0.1) is 16.9 Å². The highest BCUT2D eigenvalue weighted by atomic mass is 35.5. The lowest BCUT2D eigenvalue weighted by Gasteiger charge is -2.49. The molecule has 2 atom stereocenters. The first-order chi connectivity index (χ1) is 18.7. The van der Waals surface area contributed by atoms with E-state index in [1.54, 1.807) is 27.8 Å². The minimum atomic E-state index is -1.27. The average molecular weight is 650 g/mol. The van der Waals surface area contributed by atoms with Crippen molar-refractivity contribution in [3.63, 3.8) is 0 Å². The molecule has 4 rings (SSSR count). The molecule has 19 heteroatoms. The Kier molecular flexibility index (Phi) is 8.70. The van der Waals surface area contributed by atoms with E-state index in [2.05, 4.69) is 25.8 Å². The van der Waals surface area contributed by atoms with Crippen LogP contribution >= 0.6 is 58.1 Å². The zero-order chi connectivity index (χ0) is 29.5. The van der Waals surface area contributed by atoms with Crippen LogP contribution in [0.5, 0.6) is 0 Å². The molecule has 14 nitrogen and oxygen atoms in total. The van der Waals surface area contributed by atoms with Crippen molar-refractivity contribution < 1.29 is 29.0 Å². The molecular weight excluding hydrogens is 627 g/mol. The van der Waals surface area contributed by atoms with Gasteiger partial charge in [-0.2, -0.15) is 0 Å². The summed E-state index contributed by atoms with van der Waals surface area (Å²) in [6, 6.07) is -1.07. The van der Waals surface area contributed by atoms with Crippen LogP contribution in [0.1, 0.15) is 36.3 Å². The van der Waals surface area contributed by atoms with E-state index in [1.807, 2.05) is 0 Å². The van der Waals surface area contributed by atoms with Crippen LogP contribution in [0.3, 0.4) is 0 Å². The number of aliphatic carboxylic acids is 1. The van der Waals surface area contributed by atoms with E-state index in [0.717, 1.165) is 16.2 Å². The van der Waals surface area contributed by atoms with Crippen LogP contribution < -0.4 is 11.1 Å². The molecule has 2 aromatic heterocycles. The molecule has 2 aliphatic heterocycles. The third-order valence-corrected chi connectivity index (χ3v) is 9.05. The second-order valence-corrected chi connectivity index (χ2v) is 13.4. The summed E-state index contributed by atoms with van der Waals surface area (Å²) in [4.78, 5) is 56.1. The first kappa shape index (κ1) is 30.1. The van der Waals surface area contributed by atoms with Gasteiger partial charge in [0.05, 0.1) is 5.57 Å². The highest BCUT2D eigenvalue weighted by Gasteiger charge is 2.54. The van der Waals surface area contributed by atoms with Crippen LogP contribution in [-0.4, -0.2) is 87.5 Å². The van der Waals surface area contributed by atoms with Gasteiger partial charge in [0.25, 0.3) is 11.8 Å². The summed E-state index contributed by atoms with van der Waals surface area (Å²) in [6.45, 7) is 5.05. The number of aromatic nitrogens is 5. The maximum atomic E-state index is 13.2. The highest BCUT2D eigenvalue weighted by molar-refractivity contribution is 8.01. The number of nitrogen functional groups attached to an aromatic ring is 1. The van der Waals surface area contributed by atoms with E-state index in [1.165, 1.54) is 28.2 Å². The highest BCUT2D eigenvalue weighted by Crippen LogP contribution is 2.42. The number of hydrogen-bond donors (Lipinski definition) is 3. The second kappa shape index (κ2) is 11.6. The quantitative estimate of drug-likeness (QED) is 0.162. The predicted octanol–water partition coefficient (Wildman–Crippen LogP) is 1.88. The topological polar surface area (TPSA) is 196 Å². The Morgan fingerprint density at radius 1 is 1.30 bits per heavy atom. The molecule has 2 aromatic rings. The Morgan fingerprint density at radius 3 is 2.58 bits per heavy atom. The summed E-state index contributed by atoms with van der Waals surface area (Å²) < 4.78 is 6.25. The molecule has 1 unspecified atom stereocenters. The van der Waals surface area contributed by atoms with Crippen molar-refractivity contribution in [3.8, 4) is 0 Å².